The van der Waals surface area contributed by atoms with Crippen molar-refractivity contribution in [3.8, 4) is 0 Å². The van der Waals surface area contributed by atoms with Crippen molar-refractivity contribution in [1.82, 2.24) is 4.98 Å². The Balaban J connectivity index is 2.81. The van der Waals surface area contributed by atoms with E-state index in [0.717, 1.165) is 24.2 Å². The summed E-state index contributed by atoms with van der Waals surface area (Å²) >= 11 is 0. The number of hydrogen-bond acceptors (Lipinski definition) is 3. The number of anilines is 1. The summed E-state index contributed by atoms with van der Waals surface area (Å²) in [5.41, 5.74) is 8.04. The third-order valence-electron chi connectivity index (χ3n) is 1.73. The predicted molar refractivity (Wildman–Crippen MR) is 56.4 cm³/mol. The Morgan fingerprint density at radius 3 is 3.08 bits per heavy atom. The van der Waals surface area contributed by atoms with Gasteiger partial charge < -0.3 is 5.73 Å². The number of aryl methyl sites for hydroxylation is 1. The van der Waals surface area contributed by atoms with E-state index >= 15 is 0 Å². The number of rotatable bonds is 3. The summed E-state index contributed by atoms with van der Waals surface area (Å²) < 4.78 is 0. The largest absolute Gasteiger partial charge is 0.397 e. The highest BCUT2D eigenvalue weighted by atomic mass is 14.8. The van der Waals surface area contributed by atoms with Gasteiger partial charge in [0.1, 0.15) is 0 Å². The number of hydrogen-bond donors (Lipinski definition) is 1. The lowest BCUT2D eigenvalue weighted by molar-refractivity contribution is 1.01. The molecule has 1 rings (SSSR count). The molecule has 0 spiro atoms. The van der Waals surface area contributed by atoms with Crippen LogP contribution in [0.1, 0.15) is 25.5 Å². The number of unbranched alkanes of at least 4 members (excludes halogenated alkanes) is 1. The average Bonchev–Trinajstić information content (AvgIpc) is 2.11. The molecule has 0 aliphatic rings. The summed E-state index contributed by atoms with van der Waals surface area (Å²) in [6.07, 6.45) is 5.66. The first kappa shape index (κ1) is 9.71. The standard InChI is InChI=1S/C10H15N3/c1-3-4-5-12-10-6-9(11)7-13-8(10)2/h5-7H,3-4,11H2,1-2H3. The second-order valence-corrected chi connectivity index (χ2v) is 2.97. The molecular weight excluding hydrogens is 162 g/mol. The molecule has 0 unspecified atom stereocenters. The molecule has 3 nitrogen and oxygen atoms in total. The minimum Gasteiger partial charge on any atom is -0.397 e. The Kier molecular flexibility index (Phi) is 3.43. The third-order valence-corrected chi connectivity index (χ3v) is 1.73. The fourth-order valence-corrected chi connectivity index (χ4v) is 0.960. The van der Waals surface area contributed by atoms with Crippen molar-refractivity contribution < 1.29 is 0 Å². The van der Waals surface area contributed by atoms with Gasteiger partial charge in [0.05, 0.1) is 23.3 Å². The van der Waals surface area contributed by atoms with Crippen molar-refractivity contribution in [3.63, 3.8) is 0 Å². The zero-order valence-corrected chi connectivity index (χ0v) is 8.12. The van der Waals surface area contributed by atoms with Crippen molar-refractivity contribution in [2.24, 2.45) is 4.99 Å². The van der Waals surface area contributed by atoms with E-state index in [1.54, 1.807) is 6.20 Å². The quantitative estimate of drug-likeness (QED) is 0.721. The van der Waals surface area contributed by atoms with Crippen LogP contribution >= 0.6 is 0 Å². The molecule has 0 atom stereocenters. The average molecular weight is 177 g/mol. The maximum absolute atomic E-state index is 5.60. The van der Waals surface area contributed by atoms with E-state index in [1.807, 2.05) is 19.2 Å². The fraction of sp³-hybridized carbons (Fsp3) is 0.400. The molecule has 0 radical (unpaired) electrons. The minimum atomic E-state index is 0.661. The Labute approximate surface area is 78.7 Å². The Morgan fingerprint density at radius 2 is 2.38 bits per heavy atom. The van der Waals surface area contributed by atoms with Crippen molar-refractivity contribution in [1.29, 1.82) is 0 Å². The lowest BCUT2D eigenvalue weighted by atomic mass is 10.3. The molecule has 70 valence electrons. The monoisotopic (exact) mass is 177 g/mol. The Morgan fingerprint density at radius 1 is 1.62 bits per heavy atom. The van der Waals surface area contributed by atoms with Crippen LogP contribution in [-0.4, -0.2) is 11.2 Å². The highest BCUT2D eigenvalue weighted by Crippen LogP contribution is 2.18. The second kappa shape index (κ2) is 4.60. The summed E-state index contributed by atoms with van der Waals surface area (Å²) in [7, 11) is 0. The van der Waals surface area contributed by atoms with Gasteiger partial charge in [-0.05, 0) is 19.4 Å². The van der Waals surface area contributed by atoms with Gasteiger partial charge in [-0.1, -0.05) is 13.3 Å². The first-order valence-corrected chi connectivity index (χ1v) is 4.48. The highest BCUT2D eigenvalue weighted by molar-refractivity contribution is 5.65. The number of nitrogens with two attached hydrogens (primary N) is 1. The van der Waals surface area contributed by atoms with Gasteiger partial charge in [0.2, 0.25) is 0 Å². The lowest BCUT2D eigenvalue weighted by Crippen LogP contribution is -1.88. The molecule has 0 amide bonds. The molecule has 3 heteroatoms. The number of pyridine rings is 1. The van der Waals surface area contributed by atoms with Gasteiger partial charge >= 0.3 is 0 Å². The summed E-state index contributed by atoms with van der Waals surface area (Å²) in [6.45, 7) is 4.05. The maximum Gasteiger partial charge on any atom is 0.0858 e. The summed E-state index contributed by atoms with van der Waals surface area (Å²) in [4.78, 5) is 8.41. The molecule has 0 saturated heterocycles. The molecule has 0 aliphatic heterocycles. The first-order valence-electron chi connectivity index (χ1n) is 4.48. The van der Waals surface area contributed by atoms with Crippen molar-refractivity contribution in [3.05, 3.63) is 18.0 Å². The fourth-order valence-electron chi connectivity index (χ4n) is 0.960. The van der Waals surface area contributed by atoms with Crippen LogP contribution in [0.25, 0.3) is 0 Å². The molecule has 2 N–H and O–H groups in total. The van der Waals surface area contributed by atoms with Crippen LogP contribution in [0.2, 0.25) is 0 Å². The topological polar surface area (TPSA) is 51.3 Å². The van der Waals surface area contributed by atoms with Crippen molar-refractivity contribution in [2.45, 2.75) is 26.7 Å². The van der Waals surface area contributed by atoms with Gasteiger partial charge in [0.15, 0.2) is 0 Å². The SMILES string of the molecule is CCCC=Nc1cc(N)cnc1C. The lowest BCUT2D eigenvalue weighted by Gasteiger charge is -1.99. The van der Waals surface area contributed by atoms with Crippen LogP contribution in [0.3, 0.4) is 0 Å². The van der Waals surface area contributed by atoms with Crippen LogP contribution in [0.15, 0.2) is 17.3 Å². The highest BCUT2D eigenvalue weighted by Gasteiger charge is 1.96. The minimum absolute atomic E-state index is 0.661. The normalized spacial score (nSPS) is 10.9. The van der Waals surface area contributed by atoms with Crippen LogP contribution in [0.5, 0.6) is 0 Å². The molecule has 1 heterocycles. The van der Waals surface area contributed by atoms with Gasteiger partial charge in [-0.15, -0.1) is 0 Å². The molecular formula is C10H15N3. The first-order chi connectivity index (χ1) is 6.24. The summed E-state index contributed by atoms with van der Waals surface area (Å²) in [5, 5.41) is 0. The summed E-state index contributed by atoms with van der Waals surface area (Å²) in [6, 6.07) is 1.84. The van der Waals surface area contributed by atoms with Crippen LogP contribution < -0.4 is 5.73 Å². The predicted octanol–water partition coefficient (Wildman–Crippen LogP) is 2.47. The second-order valence-electron chi connectivity index (χ2n) is 2.97. The molecule has 0 aromatic carbocycles. The van der Waals surface area contributed by atoms with Gasteiger partial charge in [-0.2, -0.15) is 0 Å². The van der Waals surface area contributed by atoms with Gasteiger partial charge in [-0.25, -0.2) is 0 Å². The number of aromatic nitrogens is 1. The Bertz CT molecular complexity index is 305. The molecule has 1 aromatic heterocycles. The van der Waals surface area contributed by atoms with Crippen LogP contribution in [0.4, 0.5) is 11.4 Å². The zero-order chi connectivity index (χ0) is 9.68. The van der Waals surface area contributed by atoms with Gasteiger partial charge in [0.25, 0.3) is 0 Å². The van der Waals surface area contributed by atoms with Crippen LogP contribution in [-0.2, 0) is 0 Å². The van der Waals surface area contributed by atoms with Crippen molar-refractivity contribution in [2.75, 3.05) is 5.73 Å². The molecule has 1 aromatic rings. The van der Waals surface area contributed by atoms with E-state index < -0.39 is 0 Å². The summed E-state index contributed by atoms with van der Waals surface area (Å²) in [5.74, 6) is 0. The molecule has 0 fully saturated rings. The third kappa shape index (κ3) is 2.86. The molecule has 0 saturated carbocycles. The van der Waals surface area contributed by atoms with E-state index in [-0.39, 0.29) is 0 Å². The number of nitrogens with zero attached hydrogens (tertiary/aromatic N) is 2. The van der Waals surface area contributed by atoms with Gasteiger partial charge in [-0.3, -0.25) is 9.98 Å². The van der Waals surface area contributed by atoms with E-state index in [4.69, 9.17) is 5.73 Å². The van der Waals surface area contributed by atoms with E-state index in [1.165, 1.54) is 0 Å². The van der Waals surface area contributed by atoms with E-state index in [2.05, 4.69) is 16.9 Å². The van der Waals surface area contributed by atoms with Crippen LogP contribution in [0, 0.1) is 6.92 Å². The van der Waals surface area contributed by atoms with E-state index in [9.17, 15) is 0 Å². The smallest absolute Gasteiger partial charge is 0.0858 e. The maximum atomic E-state index is 5.60. The van der Waals surface area contributed by atoms with Crippen molar-refractivity contribution >= 4 is 17.6 Å². The Hall–Kier alpha value is -1.38. The molecule has 13 heavy (non-hydrogen) atoms. The number of nitrogen functional groups attached to an aromatic ring is 1. The van der Waals surface area contributed by atoms with E-state index in [0.29, 0.717) is 5.69 Å². The molecule has 0 bridgehead atoms. The number of aliphatic imine (C=N–C) groups is 1. The zero-order valence-electron chi connectivity index (χ0n) is 8.12. The molecule has 0 aliphatic carbocycles. The van der Waals surface area contributed by atoms with Gasteiger partial charge in [0, 0.05) is 6.21 Å².